The minimum Gasteiger partial charge on any atom is -0.396 e. The molecule has 2 amide bonds. The second-order valence-corrected chi connectivity index (χ2v) is 5.19. The lowest BCUT2D eigenvalue weighted by atomic mass is 10.1. The van der Waals surface area contributed by atoms with E-state index in [1.165, 1.54) is 0 Å². The molecule has 17 heavy (non-hydrogen) atoms. The monoisotopic (exact) mass is 348 g/mol. The summed E-state index contributed by atoms with van der Waals surface area (Å²) in [4.78, 5) is 11.7. The number of hydrogen-bond acceptors (Lipinski definition) is 2. The van der Waals surface area contributed by atoms with Crippen LogP contribution in [0.5, 0.6) is 0 Å². The Hall–Kier alpha value is -0.820. The van der Waals surface area contributed by atoms with Gasteiger partial charge >= 0.3 is 6.03 Å². The molecule has 0 heterocycles. The van der Waals surface area contributed by atoms with E-state index in [4.69, 9.17) is 5.11 Å². The lowest BCUT2D eigenvalue weighted by Gasteiger charge is -2.19. The fourth-order valence-corrected chi connectivity index (χ4v) is 1.75. The Morgan fingerprint density at radius 3 is 2.65 bits per heavy atom. The van der Waals surface area contributed by atoms with Crippen LogP contribution in [0.3, 0.4) is 0 Å². The third-order valence-electron chi connectivity index (χ3n) is 2.62. The number of rotatable bonds is 4. The van der Waals surface area contributed by atoms with Crippen molar-refractivity contribution in [3.8, 4) is 0 Å². The summed E-state index contributed by atoms with van der Waals surface area (Å²) in [5, 5.41) is 14.6. The normalized spacial score (nSPS) is 13.9. The molecule has 0 aliphatic carbocycles. The number of amides is 2. The minimum atomic E-state index is -0.248. The molecule has 0 saturated heterocycles. The van der Waals surface area contributed by atoms with Gasteiger partial charge in [0.25, 0.3) is 0 Å². The number of carbonyl (C=O) groups is 1. The summed E-state index contributed by atoms with van der Waals surface area (Å²) in [6.45, 7) is 3.82. The van der Waals surface area contributed by atoms with Gasteiger partial charge in [-0.3, -0.25) is 0 Å². The Balaban J connectivity index is 2.53. The SMILES string of the molecule is CC(CO)C(C)NC(=O)Nc1ccccc1I. The Morgan fingerprint density at radius 1 is 1.41 bits per heavy atom. The highest BCUT2D eigenvalue weighted by Gasteiger charge is 2.14. The molecule has 0 saturated carbocycles. The van der Waals surface area contributed by atoms with Crippen LogP contribution in [0.4, 0.5) is 10.5 Å². The first-order valence-electron chi connectivity index (χ1n) is 5.47. The molecule has 5 heteroatoms. The molecule has 2 atom stereocenters. The second kappa shape index (κ2) is 6.80. The average molecular weight is 348 g/mol. The molecule has 1 aromatic rings. The zero-order chi connectivity index (χ0) is 12.8. The largest absolute Gasteiger partial charge is 0.396 e. The van der Waals surface area contributed by atoms with Gasteiger partial charge in [0, 0.05) is 16.2 Å². The van der Waals surface area contributed by atoms with Crippen molar-refractivity contribution in [1.29, 1.82) is 0 Å². The number of anilines is 1. The van der Waals surface area contributed by atoms with E-state index in [1.807, 2.05) is 38.1 Å². The molecule has 0 radical (unpaired) electrons. The van der Waals surface area contributed by atoms with E-state index >= 15 is 0 Å². The number of aliphatic hydroxyl groups is 1. The van der Waals surface area contributed by atoms with E-state index in [-0.39, 0.29) is 24.6 Å². The summed E-state index contributed by atoms with van der Waals surface area (Å²) in [7, 11) is 0. The first-order valence-corrected chi connectivity index (χ1v) is 6.55. The Bertz CT molecular complexity index is 385. The molecule has 3 N–H and O–H groups in total. The molecular formula is C12H17IN2O2. The van der Waals surface area contributed by atoms with Crippen LogP contribution in [0.25, 0.3) is 0 Å². The zero-order valence-corrected chi connectivity index (χ0v) is 12.1. The summed E-state index contributed by atoms with van der Waals surface area (Å²) in [5.41, 5.74) is 0.787. The van der Waals surface area contributed by atoms with Crippen molar-refractivity contribution in [2.45, 2.75) is 19.9 Å². The first-order chi connectivity index (χ1) is 8.04. The summed E-state index contributed by atoms with van der Waals surface area (Å²) in [6.07, 6.45) is 0. The fraction of sp³-hybridized carbons (Fsp3) is 0.417. The predicted octanol–water partition coefficient (Wildman–Crippen LogP) is 2.43. The van der Waals surface area contributed by atoms with Gasteiger partial charge in [-0.25, -0.2) is 4.79 Å². The highest BCUT2D eigenvalue weighted by molar-refractivity contribution is 14.1. The fourth-order valence-electron chi connectivity index (χ4n) is 1.23. The number of benzene rings is 1. The van der Waals surface area contributed by atoms with Crippen LogP contribution in [-0.2, 0) is 0 Å². The Labute approximate surface area is 115 Å². The first kappa shape index (κ1) is 14.2. The third kappa shape index (κ3) is 4.51. The van der Waals surface area contributed by atoms with Gasteiger partial charge in [-0.1, -0.05) is 19.1 Å². The maximum Gasteiger partial charge on any atom is 0.319 e. The van der Waals surface area contributed by atoms with Crippen LogP contribution in [0.1, 0.15) is 13.8 Å². The smallest absolute Gasteiger partial charge is 0.319 e. The predicted molar refractivity (Wildman–Crippen MR) is 77.0 cm³/mol. The van der Waals surface area contributed by atoms with E-state index in [0.29, 0.717) is 0 Å². The number of carbonyl (C=O) groups excluding carboxylic acids is 1. The quantitative estimate of drug-likeness (QED) is 0.732. The molecule has 0 aromatic heterocycles. The van der Waals surface area contributed by atoms with Gasteiger partial charge < -0.3 is 15.7 Å². The van der Waals surface area contributed by atoms with Gasteiger partial charge in [0.2, 0.25) is 0 Å². The van der Waals surface area contributed by atoms with E-state index in [1.54, 1.807) is 0 Å². The molecule has 4 nitrogen and oxygen atoms in total. The molecule has 2 unspecified atom stereocenters. The third-order valence-corrected chi connectivity index (χ3v) is 3.56. The molecule has 0 fully saturated rings. The lowest BCUT2D eigenvalue weighted by molar-refractivity contribution is 0.204. The molecule has 0 spiro atoms. The van der Waals surface area contributed by atoms with Crippen LogP contribution < -0.4 is 10.6 Å². The van der Waals surface area contributed by atoms with Crippen molar-refractivity contribution in [2.24, 2.45) is 5.92 Å². The van der Waals surface area contributed by atoms with Crippen molar-refractivity contribution in [3.63, 3.8) is 0 Å². The number of aliphatic hydroxyl groups excluding tert-OH is 1. The maximum atomic E-state index is 11.7. The zero-order valence-electron chi connectivity index (χ0n) is 9.90. The highest BCUT2D eigenvalue weighted by atomic mass is 127. The van der Waals surface area contributed by atoms with Crippen molar-refractivity contribution in [2.75, 3.05) is 11.9 Å². The number of para-hydroxylation sites is 1. The van der Waals surface area contributed by atoms with E-state index in [0.717, 1.165) is 9.26 Å². The second-order valence-electron chi connectivity index (χ2n) is 4.03. The van der Waals surface area contributed by atoms with Gasteiger partial charge in [0.1, 0.15) is 0 Å². The summed E-state index contributed by atoms with van der Waals surface area (Å²) < 4.78 is 0.989. The lowest BCUT2D eigenvalue weighted by Crippen LogP contribution is -2.40. The van der Waals surface area contributed by atoms with Crippen LogP contribution in [-0.4, -0.2) is 23.8 Å². The minimum absolute atomic E-state index is 0.0376. The van der Waals surface area contributed by atoms with Crippen LogP contribution in [0.15, 0.2) is 24.3 Å². The van der Waals surface area contributed by atoms with Gasteiger partial charge in [-0.15, -0.1) is 0 Å². The molecule has 0 bridgehead atoms. The summed E-state index contributed by atoms with van der Waals surface area (Å²) in [5.74, 6) is 0.0376. The van der Waals surface area contributed by atoms with Gasteiger partial charge in [-0.05, 0) is 47.6 Å². The Kier molecular flexibility index (Phi) is 5.70. The number of halogens is 1. The van der Waals surface area contributed by atoms with E-state index < -0.39 is 0 Å². The molecule has 94 valence electrons. The highest BCUT2D eigenvalue weighted by Crippen LogP contribution is 2.16. The van der Waals surface area contributed by atoms with Crippen LogP contribution in [0, 0.1) is 9.49 Å². The molecule has 0 aliphatic rings. The summed E-state index contributed by atoms with van der Waals surface area (Å²) in [6, 6.07) is 7.25. The Morgan fingerprint density at radius 2 is 2.06 bits per heavy atom. The number of urea groups is 1. The van der Waals surface area contributed by atoms with Crippen LogP contribution in [0.2, 0.25) is 0 Å². The topological polar surface area (TPSA) is 61.4 Å². The molecule has 0 aliphatic heterocycles. The van der Waals surface area contributed by atoms with Gasteiger partial charge in [0.05, 0.1) is 5.69 Å². The van der Waals surface area contributed by atoms with Crippen molar-refractivity contribution in [3.05, 3.63) is 27.8 Å². The standard InChI is InChI=1S/C12H17IN2O2/c1-8(7-16)9(2)14-12(17)15-11-6-4-3-5-10(11)13/h3-6,8-9,16H,7H2,1-2H3,(H2,14,15,17). The van der Waals surface area contributed by atoms with Gasteiger partial charge in [-0.2, -0.15) is 0 Å². The van der Waals surface area contributed by atoms with Crippen molar-refractivity contribution in [1.82, 2.24) is 5.32 Å². The molecule has 1 rings (SSSR count). The number of hydrogen-bond donors (Lipinski definition) is 3. The molecule has 1 aromatic carbocycles. The molecular weight excluding hydrogens is 331 g/mol. The van der Waals surface area contributed by atoms with Crippen molar-refractivity contribution >= 4 is 34.3 Å². The number of nitrogens with one attached hydrogen (secondary N) is 2. The van der Waals surface area contributed by atoms with Gasteiger partial charge in [0.15, 0.2) is 0 Å². The van der Waals surface area contributed by atoms with E-state index in [2.05, 4.69) is 33.2 Å². The average Bonchev–Trinajstić information content (AvgIpc) is 2.31. The van der Waals surface area contributed by atoms with Crippen LogP contribution >= 0.6 is 22.6 Å². The maximum absolute atomic E-state index is 11.7. The summed E-state index contributed by atoms with van der Waals surface area (Å²) >= 11 is 2.17. The van der Waals surface area contributed by atoms with E-state index in [9.17, 15) is 4.79 Å². The van der Waals surface area contributed by atoms with Crippen molar-refractivity contribution < 1.29 is 9.90 Å².